The highest BCUT2D eigenvalue weighted by atomic mass is 16.2. The molecule has 3 nitrogen and oxygen atoms in total. The van der Waals surface area contributed by atoms with Crippen LogP contribution in [0.4, 0.5) is 11.4 Å². The van der Waals surface area contributed by atoms with Gasteiger partial charge in [0.25, 0.3) is 0 Å². The number of likely N-dealkylation sites (N-methyl/N-ethyl adjacent to an activating group) is 1. The van der Waals surface area contributed by atoms with Gasteiger partial charge in [0.15, 0.2) is 0 Å². The fourth-order valence-corrected chi connectivity index (χ4v) is 2.41. The number of benzene rings is 2. The van der Waals surface area contributed by atoms with Crippen LogP contribution in [0.25, 0.3) is 0 Å². The summed E-state index contributed by atoms with van der Waals surface area (Å²) >= 11 is 0. The van der Waals surface area contributed by atoms with Crippen LogP contribution in [0.1, 0.15) is 18.1 Å². The SMILES string of the molecule is CCN(CC(=O)Nc1ccccc1)c1cc(C)cc(C)c1. The molecular formula is C18H22N2O. The normalized spacial score (nSPS) is 10.2. The largest absolute Gasteiger partial charge is 0.362 e. The minimum absolute atomic E-state index is 0.00205. The summed E-state index contributed by atoms with van der Waals surface area (Å²) in [4.78, 5) is 14.3. The van der Waals surface area contributed by atoms with E-state index in [2.05, 4.69) is 49.2 Å². The molecule has 0 saturated heterocycles. The summed E-state index contributed by atoms with van der Waals surface area (Å²) in [5.74, 6) is 0.00205. The van der Waals surface area contributed by atoms with Gasteiger partial charge >= 0.3 is 0 Å². The molecule has 0 aromatic heterocycles. The van der Waals surface area contributed by atoms with Crippen molar-refractivity contribution in [3.63, 3.8) is 0 Å². The Hall–Kier alpha value is -2.29. The topological polar surface area (TPSA) is 32.3 Å². The quantitative estimate of drug-likeness (QED) is 0.905. The van der Waals surface area contributed by atoms with Crippen molar-refractivity contribution in [2.75, 3.05) is 23.3 Å². The minimum atomic E-state index is 0.00205. The molecule has 2 rings (SSSR count). The molecule has 0 aliphatic heterocycles. The third-order valence-electron chi connectivity index (χ3n) is 3.35. The van der Waals surface area contributed by atoms with E-state index in [1.165, 1.54) is 11.1 Å². The van der Waals surface area contributed by atoms with Crippen LogP contribution in [0.5, 0.6) is 0 Å². The molecule has 0 fully saturated rings. The van der Waals surface area contributed by atoms with E-state index in [4.69, 9.17) is 0 Å². The van der Waals surface area contributed by atoms with Crippen LogP contribution in [0.15, 0.2) is 48.5 Å². The van der Waals surface area contributed by atoms with Crippen molar-refractivity contribution in [2.45, 2.75) is 20.8 Å². The average molecular weight is 282 g/mol. The molecule has 3 heteroatoms. The molecule has 2 aromatic carbocycles. The molecule has 1 amide bonds. The van der Waals surface area contributed by atoms with Gasteiger partial charge in [-0.1, -0.05) is 24.3 Å². The number of anilines is 2. The maximum absolute atomic E-state index is 12.2. The fourth-order valence-electron chi connectivity index (χ4n) is 2.41. The van der Waals surface area contributed by atoms with Crippen molar-refractivity contribution in [1.82, 2.24) is 0 Å². The van der Waals surface area contributed by atoms with Crippen molar-refractivity contribution in [1.29, 1.82) is 0 Å². The first-order chi connectivity index (χ1) is 10.1. The predicted molar refractivity (Wildman–Crippen MR) is 88.9 cm³/mol. The lowest BCUT2D eigenvalue weighted by Crippen LogP contribution is -2.33. The lowest BCUT2D eigenvalue weighted by molar-refractivity contribution is -0.115. The number of hydrogen-bond acceptors (Lipinski definition) is 2. The Bertz CT molecular complexity index is 588. The van der Waals surface area contributed by atoms with Crippen molar-refractivity contribution in [3.05, 3.63) is 59.7 Å². The summed E-state index contributed by atoms with van der Waals surface area (Å²) in [6, 6.07) is 15.9. The first-order valence-electron chi connectivity index (χ1n) is 7.26. The van der Waals surface area contributed by atoms with Gasteiger partial charge < -0.3 is 10.2 Å². The summed E-state index contributed by atoms with van der Waals surface area (Å²) in [6.07, 6.45) is 0. The lowest BCUT2D eigenvalue weighted by Gasteiger charge is -2.23. The number of nitrogens with zero attached hydrogens (tertiary/aromatic N) is 1. The number of rotatable bonds is 5. The van der Waals surface area contributed by atoms with Crippen LogP contribution in [0, 0.1) is 13.8 Å². The summed E-state index contributed by atoms with van der Waals surface area (Å²) in [6.45, 7) is 7.37. The Labute approximate surface area is 126 Å². The monoisotopic (exact) mass is 282 g/mol. The van der Waals surface area contributed by atoms with Crippen molar-refractivity contribution < 1.29 is 4.79 Å². The van der Waals surface area contributed by atoms with Gasteiger partial charge in [0.05, 0.1) is 6.54 Å². The molecule has 0 aliphatic rings. The second-order valence-electron chi connectivity index (χ2n) is 5.27. The van der Waals surface area contributed by atoms with Gasteiger partial charge in [-0.25, -0.2) is 0 Å². The number of hydrogen-bond donors (Lipinski definition) is 1. The lowest BCUT2D eigenvalue weighted by atomic mass is 10.1. The van der Waals surface area contributed by atoms with Gasteiger partial charge in [0.2, 0.25) is 5.91 Å². The van der Waals surface area contributed by atoms with Gasteiger partial charge in [0, 0.05) is 17.9 Å². The zero-order valence-corrected chi connectivity index (χ0v) is 12.9. The Kier molecular flexibility index (Phi) is 4.99. The summed E-state index contributed by atoms with van der Waals surface area (Å²) in [5, 5.41) is 2.93. The molecule has 0 unspecified atom stereocenters. The van der Waals surface area contributed by atoms with E-state index in [1.807, 2.05) is 30.3 Å². The Morgan fingerprint density at radius 2 is 1.67 bits per heavy atom. The molecular weight excluding hydrogens is 260 g/mol. The van der Waals surface area contributed by atoms with Crippen LogP contribution >= 0.6 is 0 Å². The molecule has 0 radical (unpaired) electrons. The average Bonchev–Trinajstić information content (AvgIpc) is 2.44. The van der Waals surface area contributed by atoms with Crippen LogP contribution in [-0.2, 0) is 4.79 Å². The smallest absolute Gasteiger partial charge is 0.243 e. The maximum atomic E-state index is 12.2. The van der Waals surface area contributed by atoms with Crippen molar-refractivity contribution in [3.8, 4) is 0 Å². The molecule has 0 bridgehead atoms. The molecule has 0 atom stereocenters. The molecule has 0 saturated carbocycles. The van der Waals surface area contributed by atoms with E-state index in [9.17, 15) is 4.79 Å². The highest BCUT2D eigenvalue weighted by Gasteiger charge is 2.11. The van der Waals surface area contributed by atoms with E-state index in [-0.39, 0.29) is 5.91 Å². The second-order valence-corrected chi connectivity index (χ2v) is 5.27. The van der Waals surface area contributed by atoms with Crippen LogP contribution < -0.4 is 10.2 Å². The van der Waals surface area contributed by atoms with Crippen molar-refractivity contribution in [2.24, 2.45) is 0 Å². The molecule has 0 spiro atoms. The highest BCUT2D eigenvalue weighted by Crippen LogP contribution is 2.18. The van der Waals surface area contributed by atoms with E-state index >= 15 is 0 Å². The first-order valence-corrected chi connectivity index (χ1v) is 7.26. The molecule has 1 N–H and O–H groups in total. The van der Waals surface area contributed by atoms with Crippen LogP contribution in [-0.4, -0.2) is 19.0 Å². The maximum Gasteiger partial charge on any atom is 0.243 e. The minimum Gasteiger partial charge on any atom is -0.362 e. The number of carbonyl (C=O) groups excluding carboxylic acids is 1. The third-order valence-corrected chi connectivity index (χ3v) is 3.35. The number of para-hydroxylation sites is 1. The Morgan fingerprint density at radius 1 is 1.05 bits per heavy atom. The molecule has 0 heterocycles. The molecule has 21 heavy (non-hydrogen) atoms. The molecule has 0 aliphatic carbocycles. The van der Waals surface area contributed by atoms with E-state index < -0.39 is 0 Å². The highest BCUT2D eigenvalue weighted by molar-refractivity contribution is 5.94. The summed E-state index contributed by atoms with van der Waals surface area (Å²) in [7, 11) is 0. The van der Waals surface area contributed by atoms with Crippen LogP contribution in [0.2, 0.25) is 0 Å². The summed E-state index contributed by atoms with van der Waals surface area (Å²) < 4.78 is 0. The first kappa shape index (κ1) is 15.1. The number of amides is 1. The van der Waals surface area contributed by atoms with Crippen molar-refractivity contribution >= 4 is 17.3 Å². The Morgan fingerprint density at radius 3 is 2.24 bits per heavy atom. The number of carbonyl (C=O) groups is 1. The Balaban J connectivity index is 2.06. The standard InChI is InChI=1S/C18H22N2O/c1-4-20(17-11-14(2)10-15(3)12-17)13-18(21)19-16-8-6-5-7-9-16/h5-12H,4,13H2,1-3H3,(H,19,21). The van der Waals surface area contributed by atoms with Gasteiger partial charge in [-0.3, -0.25) is 4.79 Å². The fraction of sp³-hybridized carbons (Fsp3) is 0.278. The van der Waals surface area contributed by atoms with Gasteiger partial charge in [-0.2, -0.15) is 0 Å². The van der Waals surface area contributed by atoms with Gasteiger partial charge in [-0.15, -0.1) is 0 Å². The zero-order chi connectivity index (χ0) is 15.2. The number of nitrogens with one attached hydrogen (secondary N) is 1. The molecule has 110 valence electrons. The summed E-state index contributed by atoms with van der Waals surface area (Å²) in [5.41, 5.74) is 4.36. The number of aryl methyl sites for hydroxylation is 2. The van der Waals surface area contributed by atoms with E-state index in [1.54, 1.807) is 0 Å². The van der Waals surface area contributed by atoms with E-state index in [0.717, 1.165) is 17.9 Å². The third kappa shape index (κ3) is 4.35. The van der Waals surface area contributed by atoms with Crippen LogP contribution in [0.3, 0.4) is 0 Å². The van der Waals surface area contributed by atoms with E-state index in [0.29, 0.717) is 6.54 Å². The van der Waals surface area contributed by atoms with Gasteiger partial charge in [-0.05, 0) is 56.2 Å². The second kappa shape index (κ2) is 6.93. The zero-order valence-electron chi connectivity index (χ0n) is 12.9. The van der Waals surface area contributed by atoms with Gasteiger partial charge in [0.1, 0.15) is 0 Å². The molecule has 2 aromatic rings. The predicted octanol–water partition coefficient (Wildman–Crippen LogP) is 3.77.